The molecule has 0 unspecified atom stereocenters. The number of rotatable bonds is 8. The van der Waals surface area contributed by atoms with Gasteiger partial charge in [-0.25, -0.2) is 8.78 Å². The van der Waals surface area contributed by atoms with Gasteiger partial charge in [0.1, 0.15) is 11.6 Å². The molecule has 0 atom stereocenters. The van der Waals surface area contributed by atoms with E-state index in [1.807, 2.05) is 12.1 Å². The predicted molar refractivity (Wildman–Crippen MR) is 133 cm³/mol. The summed E-state index contributed by atoms with van der Waals surface area (Å²) < 4.78 is 34.0. The number of furan rings is 1. The molecule has 1 N–H and O–H groups in total. The average Bonchev–Trinajstić information content (AvgIpc) is 3.58. The van der Waals surface area contributed by atoms with Crippen molar-refractivity contribution >= 4 is 17.7 Å². The SMILES string of the molecule is O=C(NCc1ccc(F)cc1)c1ccccc1CSc1nnc(-c2ccco2)n1-c1ccc(F)cc1. The van der Waals surface area contributed by atoms with Crippen LogP contribution in [0.5, 0.6) is 0 Å². The number of nitrogens with one attached hydrogen (secondary N) is 1. The molecule has 1 amide bonds. The Morgan fingerprint density at radius 3 is 2.33 bits per heavy atom. The topological polar surface area (TPSA) is 73.0 Å². The van der Waals surface area contributed by atoms with Gasteiger partial charge in [-0.05, 0) is 65.7 Å². The molecule has 0 radical (unpaired) electrons. The van der Waals surface area contributed by atoms with Crippen LogP contribution in [0, 0.1) is 11.6 Å². The van der Waals surface area contributed by atoms with Gasteiger partial charge in [0.05, 0.1) is 12.0 Å². The smallest absolute Gasteiger partial charge is 0.251 e. The third-order valence-electron chi connectivity index (χ3n) is 5.44. The van der Waals surface area contributed by atoms with E-state index in [1.165, 1.54) is 36.0 Å². The van der Waals surface area contributed by atoms with Crippen LogP contribution in [-0.2, 0) is 12.3 Å². The molecule has 36 heavy (non-hydrogen) atoms. The minimum Gasteiger partial charge on any atom is -0.461 e. The highest BCUT2D eigenvalue weighted by Gasteiger charge is 2.19. The van der Waals surface area contributed by atoms with Crippen LogP contribution in [0.4, 0.5) is 8.78 Å². The number of thioether (sulfide) groups is 1. The van der Waals surface area contributed by atoms with Gasteiger partial charge >= 0.3 is 0 Å². The lowest BCUT2D eigenvalue weighted by Crippen LogP contribution is -2.23. The van der Waals surface area contributed by atoms with Crippen molar-refractivity contribution in [1.82, 2.24) is 20.1 Å². The second-order valence-corrected chi connectivity index (χ2v) is 8.79. The quantitative estimate of drug-likeness (QED) is 0.263. The second-order valence-electron chi connectivity index (χ2n) is 7.85. The zero-order chi connectivity index (χ0) is 24.9. The Morgan fingerprint density at radius 2 is 1.61 bits per heavy atom. The van der Waals surface area contributed by atoms with E-state index in [9.17, 15) is 13.6 Å². The molecular weight excluding hydrogens is 482 g/mol. The Bertz CT molecular complexity index is 1470. The van der Waals surface area contributed by atoms with Crippen molar-refractivity contribution in [1.29, 1.82) is 0 Å². The average molecular weight is 503 g/mol. The summed E-state index contributed by atoms with van der Waals surface area (Å²) >= 11 is 1.40. The highest BCUT2D eigenvalue weighted by Crippen LogP contribution is 2.30. The number of nitrogens with zero attached hydrogens (tertiary/aromatic N) is 3. The first kappa shape index (κ1) is 23.5. The van der Waals surface area contributed by atoms with Gasteiger partial charge in [-0.15, -0.1) is 10.2 Å². The van der Waals surface area contributed by atoms with E-state index in [-0.39, 0.29) is 24.1 Å². The number of hydrogen-bond acceptors (Lipinski definition) is 5. The maximum absolute atomic E-state index is 13.6. The fraction of sp³-hybridized carbons (Fsp3) is 0.0741. The fourth-order valence-corrected chi connectivity index (χ4v) is 4.60. The number of amides is 1. The van der Waals surface area contributed by atoms with Crippen molar-refractivity contribution in [3.63, 3.8) is 0 Å². The standard InChI is InChI=1S/C27H20F2N4O2S/c28-20-9-7-18(8-10-20)16-30-26(34)23-5-2-1-4-19(23)17-36-27-32-31-25(24-6-3-15-35-24)33(27)22-13-11-21(29)12-14-22/h1-15H,16-17H2,(H,30,34). The number of hydrogen-bond donors (Lipinski definition) is 1. The Morgan fingerprint density at radius 1 is 0.889 bits per heavy atom. The Hall–Kier alpha value is -4.24. The molecule has 0 saturated carbocycles. The van der Waals surface area contributed by atoms with Crippen molar-refractivity contribution in [3.8, 4) is 17.3 Å². The second kappa shape index (κ2) is 10.6. The largest absolute Gasteiger partial charge is 0.461 e. The first-order valence-corrected chi connectivity index (χ1v) is 12.1. The zero-order valence-corrected chi connectivity index (χ0v) is 19.7. The van der Waals surface area contributed by atoms with E-state index >= 15 is 0 Å². The molecule has 5 aromatic rings. The molecule has 0 aliphatic rings. The van der Waals surface area contributed by atoms with E-state index in [1.54, 1.807) is 59.4 Å². The van der Waals surface area contributed by atoms with Gasteiger partial charge in [-0.2, -0.15) is 0 Å². The summed E-state index contributed by atoms with van der Waals surface area (Å²) in [6, 6.07) is 22.9. The molecule has 6 nitrogen and oxygen atoms in total. The van der Waals surface area contributed by atoms with Crippen LogP contribution >= 0.6 is 11.8 Å². The zero-order valence-electron chi connectivity index (χ0n) is 18.9. The van der Waals surface area contributed by atoms with Crippen molar-refractivity contribution in [3.05, 3.63) is 120 Å². The molecular formula is C27H20F2N4O2S. The lowest BCUT2D eigenvalue weighted by atomic mass is 10.1. The predicted octanol–water partition coefficient (Wildman–Crippen LogP) is 6.03. The van der Waals surface area contributed by atoms with Crippen LogP contribution in [-0.4, -0.2) is 20.7 Å². The maximum Gasteiger partial charge on any atom is 0.251 e. The molecule has 9 heteroatoms. The number of carbonyl (C=O) groups is 1. The minimum absolute atomic E-state index is 0.230. The molecule has 0 aliphatic heterocycles. The van der Waals surface area contributed by atoms with Gasteiger partial charge < -0.3 is 9.73 Å². The minimum atomic E-state index is -0.346. The third kappa shape index (κ3) is 5.21. The normalized spacial score (nSPS) is 10.9. The highest BCUT2D eigenvalue weighted by molar-refractivity contribution is 7.98. The molecule has 180 valence electrons. The van der Waals surface area contributed by atoms with Gasteiger partial charge in [0.25, 0.3) is 5.91 Å². The number of halogens is 2. The molecule has 5 rings (SSSR count). The lowest BCUT2D eigenvalue weighted by molar-refractivity contribution is 0.0950. The molecule has 2 aromatic heterocycles. The number of benzene rings is 3. The van der Waals surface area contributed by atoms with Crippen LogP contribution in [0.1, 0.15) is 21.5 Å². The molecule has 2 heterocycles. The van der Waals surface area contributed by atoms with E-state index in [4.69, 9.17) is 4.42 Å². The summed E-state index contributed by atoms with van der Waals surface area (Å²) in [6.45, 7) is 0.284. The van der Waals surface area contributed by atoms with Crippen LogP contribution in [0.2, 0.25) is 0 Å². The Balaban J connectivity index is 1.37. The lowest BCUT2D eigenvalue weighted by Gasteiger charge is -2.12. The third-order valence-corrected chi connectivity index (χ3v) is 6.42. The molecule has 0 bridgehead atoms. The Labute approximate surface area is 210 Å². The fourth-order valence-electron chi connectivity index (χ4n) is 3.64. The van der Waals surface area contributed by atoms with Gasteiger partial charge in [0.2, 0.25) is 5.82 Å². The number of carbonyl (C=O) groups excluding carboxylic acids is 1. The van der Waals surface area contributed by atoms with Crippen molar-refractivity contribution < 1.29 is 18.0 Å². The van der Waals surface area contributed by atoms with E-state index in [0.29, 0.717) is 33.7 Å². The summed E-state index contributed by atoms with van der Waals surface area (Å²) in [5.74, 6) is 0.556. The summed E-state index contributed by atoms with van der Waals surface area (Å²) in [4.78, 5) is 12.9. The van der Waals surface area contributed by atoms with Crippen molar-refractivity contribution in [2.75, 3.05) is 0 Å². The molecule has 0 saturated heterocycles. The molecule has 0 spiro atoms. The maximum atomic E-state index is 13.6. The Kier molecular flexibility index (Phi) is 6.90. The molecule has 0 fully saturated rings. The van der Waals surface area contributed by atoms with Crippen LogP contribution < -0.4 is 5.32 Å². The van der Waals surface area contributed by atoms with Gasteiger partial charge in [-0.3, -0.25) is 9.36 Å². The van der Waals surface area contributed by atoms with E-state index in [2.05, 4.69) is 15.5 Å². The van der Waals surface area contributed by atoms with E-state index < -0.39 is 0 Å². The monoisotopic (exact) mass is 502 g/mol. The molecule has 0 aliphatic carbocycles. The first-order valence-electron chi connectivity index (χ1n) is 11.1. The van der Waals surface area contributed by atoms with Crippen molar-refractivity contribution in [2.24, 2.45) is 0 Å². The van der Waals surface area contributed by atoms with Gasteiger partial charge in [-0.1, -0.05) is 42.1 Å². The summed E-state index contributed by atoms with van der Waals surface area (Å²) in [5, 5.41) is 12.1. The van der Waals surface area contributed by atoms with Crippen LogP contribution in [0.25, 0.3) is 17.3 Å². The summed E-state index contributed by atoms with van der Waals surface area (Å²) in [7, 11) is 0. The first-order chi connectivity index (χ1) is 17.6. The van der Waals surface area contributed by atoms with E-state index in [0.717, 1.165) is 11.1 Å². The summed E-state index contributed by atoms with van der Waals surface area (Å²) in [5.41, 5.74) is 2.83. The van der Waals surface area contributed by atoms with Crippen LogP contribution in [0.3, 0.4) is 0 Å². The van der Waals surface area contributed by atoms with Gasteiger partial charge in [0.15, 0.2) is 10.9 Å². The molecule has 3 aromatic carbocycles. The number of aromatic nitrogens is 3. The van der Waals surface area contributed by atoms with Gasteiger partial charge in [0, 0.05) is 17.9 Å². The summed E-state index contributed by atoms with van der Waals surface area (Å²) in [6.07, 6.45) is 1.55. The van der Waals surface area contributed by atoms with Crippen LogP contribution in [0.15, 0.2) is 101 Å². The van der Waals surface area contributed by atoms with Crippen molar-refractivity contribution in [2.45, 2.75) is 17.5 Å². The highest BCUT2D eigenvalue weighted by atomic mass is 32.2.